The quantitative estimate of drug-likeness (QED) is 0.816. The minimum atomic E-state index is 0.291. The van der Waals surface area contributed by atoms with E-state index in [9.17, 15) is 4.79 Å². The highest BCUT2D eigenvalue weighted by Gasteiger charge is 2.16. The Kier molecular flexibility index (Phi) is 14.3. The van der Waals surface area contributed by atoms with E-state index in [1.807, 2.05) is 34.7 Å². The molecule has 4 nitrogen and oxygen atoms in total. The number of Topliss-reactive ketones (excluding diaryl/α,β-unsaturated/α-hetero) is 1. The summed E-state index contributed by atoms with van der Waals surface area (Å²) in [7, 11) is 1.97. The number of hydrogen-bond acceptors (Lipinski definition) is 4. The van der Waals surface area contributed by atoms with Crippen molar-refractivity contribution in [2.24, 2.45) is 0 Å². The van der Waals surface area contributed by atoms with Crippen molar-refractivity contribution >= 4 is 5.78 Å². The first kappa shape index (κ1) is 23.8. The molecule has 25 heavy (non-hydrogen) atoms. The SMILES string of the molecule is CC.CC.CNCc1ccc(CN2CCN(CCC(C)=O)CC2)cc1. The summed E-state index contributed by atoms with van der Waals surface area (Å²) < 4.78 is 0. The fourth-order valence-corrected chi connectivity index (χ4v) is 2.71. The van der Waals surface area contributed by atoms with Gasteiger partial charge in [-0.1, -0.05) is 52.0 Å². The number of rotatable bonds is 7. The lowest BCUT2D eigenvalue weighted by atomic mass is 10.1. The van der Waals surface area contributed by atoms with Crippen LogP contribution in [0.15, 0.2) is 24.3 Å². The maximum Gasteiger partial charge on any atom is 0.131 e. The van der Waals surface area contributed by atoms with Crippen LogP contribution >= 0.6 is 0 Å². The van der Waals surface area contributed by atoms with Crippen molar-refractivity contribution in [2.45, 2.75) is 54.1 Å². The number of ketones is 1. The predicted octanol–water partition coefficient (Wildman–Crippen LogP) is 3.56. The second-order valence-electron chi connectivity index (χ2n) is 5.92. The second kappa shape index (κ2) is 15.1. The van der Waals surface area contributed by atoms with E-state index in [2.05, 4.69) is 39.4 Å². The number of carbonyl (C=O) groups is 1. The van der Waals surface area contributed by atoms with Gasteiger partial charge in [-0.2, -0.15) is 0 Å². The molecular weight excluding hydrogens is 310 g/mol. The van der Waals surface area contributed by atoms with Gasteiger partial charge in [0.05, 0.1) is 0 Å². The van der Waals surface area contributed by atoms with Gasteiger partial charge in [0.2, 0.25) is 0 Å². The van der Waals surface area contributed by atoms with Crippen LogP contribution in [0.25, 0.3) is 0 Å². The fourth-order valence-electron chi connectivity index (χ4n) is 2.71. The number of nitrogens with zero attached hydrogens (tertiary/aromatic N) is 2. The number of piperazine rings is 1. The van der Waals surface area contributed by atoms with Gasteiger partial charge in [0.1, 0.15) is 5.78 Å². The Morgan fingerprint density at radius 2 is 1.40 bits per heavy atom. The Morgan fingerprint density at radius 1 is 0.920 bits per heavy atom. The van der Waals surface area contributed by atoms with Crippen LogP contribution in [-0.4, -0.2) is 55.4 Å². The summed E-state index contributed by atoms with van der Waals surface area (Å²) in [6.07, 6.45) is 0.687. The van der Waals surface area contributed by atoms with Crippen molar-refractivity contribution in [3.8, 4) is 0 Å². The summed E-state index contributed by atoms with van der Waals surface area (Å²) in [6.45, 7) is 16.9. The molecule has 0 spiro atoms. The molecule has 1 aliphatic rings. The molecular formula is C21H39N3O. The van der Waals surface area contributed by atoms with Gasteiger partial charge in [-0.05, 0) is 25.1 Å². The number of carbonyl (C=O) groups excluding carboxylic acids is 1. The standard InChI is InChI=1S/C17H27N3O.2C2H6/c1-15(21)7-8-19-9-11-20(12-10-19)14-17-5-3-16(4-6-17)13-18-2;2*1-2/h3-6,18H,7-14H2,1-2H3;2*1-2H3. The zero-order chi connectivity index (χ0) is 19.1. The molecule has 1 aromatic rings. The first-order valence-corrected chi connectivity index (χ1v) is 9.84. The molecule has 0 unspecified atom stereocenters. The van der Waals surface area contributed by atoms with E-state index in [0.29, 0.717) is 12.2 Å². The zero-order valence-electron chi connectivity index (χ0n) is 17.3. The predicted molar refractivity (Wildman–Crippen MR) is 109 cm³/mol. The first-order valence-electron chi connectivity index (χ1n) is 9.84. The van der Waals surface area contributed by atoms with E-state index >= 15 is 0 Å². The molecule has 1 N–H and O–H groups in total. The highest BCUT2D eigenvalue weighted by molar-refractivity contribution is 5.75. The molecule has 1 heterocycles. The van der Waals surface area contributed by atoms with Gasteiger partial charge in [0, 0.05) is 52.2 Å². The number of benzene rings is 1. The van der Waals surface area contributed by atoms with Gasteiger partial charge < -0.3 is 10.2 Å². The molecule has 144 valence electrons. The molecule has 0 amide bonds. The highest BCUT2D eigenvalue weighted by Crippen LogP contribution is 2.10. The second-order valence-corrected chi connectivity index (χ2v) is 5.92. The highest BCUT2D eigenvalue weighted by atomic mass is 16.1. The molecule has 4 heteroatoms. The Hall–Kier alpha value is -1.23. The van der Waals surface area contributed by atoms with Crippen LogP contribution in [0.1, 0.15) is 52.2 Å². The number of nitrogens with one attached hydrogen (secondary N) is 1. The van der Waals surface area contributed by atoms with Crippen molar-refractivity contribution in [1.29, 1.82) is 0 Å². The largest absolute Gasteiger partial charge is 0.316 e. The molecule has 0 radical (unpaired) electrons. The van der Waals surface area contributed by atoms with Crippen LogP contribution in [0, 0.1) is 0 Å². The third kappa shape index (κ3) is 10.4. The molecule has 1 aromatic carbocycles. The minimum Gasteiger partial charge on any atom is -0.316 e. The topological polar surface area (TPSA) is 35.6 Å². The summed E-state index contributed by atoms with van der Waals surface area (Å²) in [5.41, 5.74) is 2.71. The molecule has 0 saturated carbocycles. The number of hydrogen-bond donors (Lipinski definition) is 1. The van der Waals surface area contributed by atoms with E-state index < -0.39 is 0 Å². The van der Waals surface area contributed by atoms with Crippen LogP contribution in [0.3, 0.4) is 0 Å². The van der Waals surface area contributed by atoms with Gasteiger partial charge >= 0.3 is 0 Å². The fraction of sp³-hybridized carbons (Fsp3) is 0.667. The van der Waals surface area contributed by atoms with E-state index in [-0.39, 0.29) is 0 Å². The molecule has 1 aliphatic heterocycles. The molecule has 0 aromatic heterocycles. The summed E-state index contributed by atoms with van der Waals surface area (Å²) in [6, 6.07) is 8.87. The molecule has 0 aliphatic carbocycles. The molecule has 1 fully saturated rings. The van der Waals surface area contributed by atoms with Crippen molar-refractivity contribution in [3.63, 3.8) is 0 Å². The van der Waals surface area contributed by atoms with Crippen LogP contribution in [0.4, 0.5) is 0 Å². The third-order valence-corrected chi connectivity index (χ3v) is 4.06. The van der Waals surface area contributed by atoms with Crippen molar-refractivity contribution in [1.82, 2.24) is 15.1 Å². The summed E-state index contributed by atoms with van der Waals surface area (Å²) in [5, 5.41) is 3.17. The third-order valence-electron chi connectivity index (χ3n) is 4.06. The van der Waals surface area contributed by atoms with Gasteiger partial charge in [-0.25, -0.2) is 0 Å². The van der Waals surface area contributed by atoms with Crippen LogP contribution in [-0.2, 0) is 17.9 Å². The van der Waals surface area contributed by atoms with Gasteiger partial charge in [-0.15, -0.1) is 0 Å². The zero-order valence-corrected chi connectivity index (χ0v) is 17.3. The lowest BCUT2D eigenvalue weighted by Gasteiger charge is -2.34. The molecule has 2 rings (SSSR count). The van der Waals surface area contributed by atoms with Crippen LogP contribution < -0.4 is 5.32 Å². The van der Waals surface area contributed by atoms with Crippen molar-refractivity contribution in [2.75, 3.05) is 39.8 Å². The van der Waals surface area contributed by atoms with Gasteiger partial charge in [0.25, 0.3) is 0 Å². The van der Waals surface area contributed by atoms with Crippen molar-refractivity contribution in [3.05, 3.63) is 35.4 Å². The van der Waals surface area contributed by atoms with E-state index in [0.717, 1.165) is 45.8 Å². The van der Waals surface area contributed by atoms with E-state index in [1.165, 1.54) is 11.1 Å². The summed E-state index contributed by atoms with van der Waals surface area (Å²) in [5.74, 6) is 0.291. The Bertz CT molecular complexity index is 437. The lowest BCUT2D eigenvalue weighted by Crippen LogP contribution is -2.46. The summed E-state index contributed by atoms with van der Waals surface area (Å²) in [4.78, 5) is 15.9. The molecule has 0 atom stereocenters. The van der Waals surface area contributed by atoms with Crippen LogP contribution in [0.5, 0.6) is 0 Å². The smallest absolute Gasteiger partial charge is 0.131 e. The molecule has 1 saturated heterocycles. The normalized spacial score (nSPS) is 14.8. The van der Waals surface area contributed by atoms with Crippen molar-refractivity contribution < 1.29 is 4.79 Å². The maximum atomic E-state index is 11.0. The minimum absolute atomic E-state index is 0.291. The Labute approximate surface area is 155 Å². The maximum absolute atomic E-state index is 11.0. The van der Waals surface area contributed by atoms with Gasteiger partial charge in [-0.3, -0.25) is 9.69 Å². The summed E-state index contributed by atoms with van der Waals surface area (Å²) >= 11 is 0. The Balaban J connectivity index is 0.00000134. The van der Waals surface area contributed by atoms with Crippen LogP contribution in [0.2, 0.25) is 0 Å². The van der Waals surface area contributed by atoms with E-state index in [1.54, 1.807) is 6.92 Å². The molecule has 0 bridgehead atoms. The first-order chi connectivity index (χ1) is 12.2. The monoisotopic (exact) mass is 349 g/mol. The van der Waals surface area contributed by atoms with E-state index in [4.69, 9.17) is 0 Å². The Morgan fingerprint density at radius 3 is 1.88 bits per heavy atom. The average Bonchev–Trinajstić information content (AvgIpc) is 2.66. The average molecular weight is 350 g/mol. The lowest BCUT2D eigenvalue weighted by molar-refractivity contribution is -0.117. The van der Waals surface area contributed by atoms with Gasteiger partial charge in [0.15, 0.2) is 0 Å².